The molecule has 0 spiro atoms. The van der Waals surface area contributed by atoms with E-state index in [9.17, 15) is 0 Å². The Bertz CT molecular complexity index is 384. The molecule has 1 N–H and O–H groups in total. The van der Waals surface area contributed by atoms with E-state index in [1.54, 1.807) is 6.07 Å². The van der Waals surface area contributed by atoms with Gasteiger partial charge < -0.3 is 10.1 Å². The van der Waals surface area contributed by atoms with Gasteiger partial charge in [-0.1, -0.05) is 0 Å². The molecule has 0 saturated carbocycles. The van der Waals surface area contributed by atoms with Crippen molar-refractivity contribution in [3.8, 4) is 6.07 Å². The molecule has 0 fully saturated rings. The summed E-state index contributed by atoms with van der Waals surface area (Å²) in [6.45, 7) is 7.02. The van der Waals surface area contributed by atoms with Crippen LogP contribution in [0.3, 0.4) is 0 Å². The summed E-state index contributed by atoms with van der Waals surface area (Å²) >= 11 is 0. The van der Waals surface area contributed by atoms with Crippen molar-refractivity contribution < 1.29 is 4.74 Å². The number of aryl methyl sites for hydroxylation is 1. The van der Waals surface area contributed by atoms with E-state index >= 15 is 0 Å². The molecular weight excluding hydrogens is 204 g/mol. The van der Waals surface area contributed by atoms with Gasteiger partial charge in [0.25, 0.3) is 0 Å². The zero-order chi connectivity index (χ0) is 12.0. The van der Waals surface area contributed by atoms with Crippen LogP contribution in [0.25, 0.3) is 0 Å². The van der Waals surface area contributed by atoms with E-state index in [0.717, 1.165) is 5.69 Å². The van der Waals surface area contributed by atoms with E-state index in [2.05, 4.69) is 15.3 Å². The van der Waals surface area contributed by atoms with Crippen molar-refractivity contribution in [2.45, 2.75) is 26.9 Å². The smallest absolute Gasteiger partial charge is 0.224 e. The van der Waals surface area contributed by atoms with E-state index in [4.69, 9.17) is 10.00 Å². The van der Waals surface area contributed by atoms with Crippen molar-refractivity contribution in [3.63, 3.8) is 0 Å². The number of nitriles is 1. The van der Waals surface area contributed by atoms with Crippen LogP contribution in [0.2, 0.25) is 0 Å². The molecule has 1 heterocycles. The molecule has 0 saturated heterocycles. The molecule has 0 amide bonds. The molecule has 5 nitrogen and oxygen atoms in total. The number of hydrogen-bond donors (Lipinski definition) is 1. The highest BCUT2D eigenvalue weighted by Gasteiger charge is 2.01. The van der Waals surface area contributed by atoms with E-state index in [0.29, 0.717) is 24.8 Å². The van der Waals surface area contributed by atoms with Gasteiger partial charge in [0, 0.05) is 12.2 Å². The third-order valence-electron chi connectivity index (χ3n) is 1.81. The van der Waals surface area contributed by atoms with Gasteiger partial charge in [-0.05, 0) is 26.8 Å². The van der Waals surface area contributed by atoms with Crippen molar-refractivity contribution >= 4 is 5.95 Å². The van der Waals surface area contributed by atoms with Gasteiger partial charge in [-0.15, -0.1) is 0 Å². The summed E-state index contributed by atoms with van der Waals surface area (Å²) in [7, 11) is 0. The molecular formula is C11H16N4O. The maximum atomic E-state index is 8.74. The summed E-state index contributed by atoms with van der Waals surface area (Å²) in [5.74, 6) is 0.476. The normalized spacial score (nSPS) is 10.2. The van der Waals surface area contributed by atoms with Crippen LogP contribution in [-0.4, -0.2) is 29.2 Å². The average molecular weight is 220 g/mol. The Kier molecular flexibility index (Phi) is 4.67. The first kappa shape index (κ1) is 12.4. The zero-order valence-electron chi connectivity index (χ0n) is 9.82. The lowest BCUT2D eigenvalue weighted by Gasteiger charge is -2.08. The Morgan fingerprint density at radius 1 is 1.50 bits per heavy atom. The van der Waals surface area contributed by atoms with Gasteiger partial charge >= 0.3 is 0 Å². The largest absolute Gasteiger partial charge is 0.377 e. The predicted molar refractivity (Wildman–Crippen MR) is 61.1 cm³/mol. The number of ether oxygens (including phenoxy) is 1. The number of rotatable bonds is 5. The lowest BCUT2D eigenvalue weighted by molar-refractivity contribution is 0.0870. The summed E-state index contributed by atoms with van der Waals surface area (Å²) in [6.07, 6.45) is 0.217. The highest BCUT2D eigenvalue weighted by atomic mass is 16.5. The summed E-state index contributed by atoms with van der Waals surface area (Å²) in [5, 5.41) is 11.8. The lowest BCUT2D eigenvalue weighted by atomic mass is 10.3. The van der Waals surface area contributed by atoms with Gasteiger partial charge in [0.1, 0.15) is 11.8 Å². The lowest BCUT2D eigenvalue weighted by Crippen LogP contribution is -2.15. The highest BCUT2D eigenvalue weighted by molar-refractivity contribution is 5.32. The highest BCUT2D eigenvalue weighted by Crippen LogP contribution is 2.03. The molecule has 0 bridgehead atoms. The van der Waals surface area contributed by atoms with E-state index < -0.39 is 0 Å². The second-order valence-electron chi connectivity index (χ2n) is 3.68. The van der Waals surface area contributed by atoms with Gasteiger partial charge in [-0.3, -0.25) is 0 Å². The van der Waals surface area contributed by atoms with Crippen LogP contribution < -0.4 is 5.32 Å². The molecule has 0 aromatic carbocycles. The van der Waals surface area contributed by atoms with Crippen LogP contribution in [0, 0.1) is 18.3 Å². The molecule has 1 aromatic rings. The van der Waals surface area contributed by atoms with Crippen LogP contribution >= 0.6 is 0 Å². The van der Waals surface area contributed by atoms with Crippen LogP contribution in [0.4, 0.5) is 5.95 Å². The quantitative estimate of drug-likeness (QED) is 0.761. The van der Waals surface area contributed by atoms with Gasteiger partial charge in [0.05, 0.1) is 12.7 Å². The minimum Gasteiger partial charge on any atom is -0.377 e. The Morgan fingerprint density at radius 2 is 2.25 bits per heavy atom. The van der Waals surface area contributed by atoms with Crippen molar-refractivity contribution in [3.05, 3.63) is 17.5 Å². The molecule has 0 atom stereocenters. The van der Waals surface area contributed by atoms with Crippen LogP contribution in [0.5, 0.6) is 0 Å². The maximum Gasteiger partial charge on any atom is 0.224 e. The Labute approximate surface area is 95.5 Å². The topological polar surface area (TPSA) is 70.8 Å². The summed E-state index contributed by atoms with van der Waals surface area (Å²) in [6, 6.07) is 3.64. The molecule has 0 aliphatic heterocycles. The minimum absolute atomic E-state index is 0.217. The molecule has 0 radical (unpaired) electrons. The van der Waals surface area contributed by atoms with Crippen molar-refractivity contribution in [2.24, 2.45) is 0 Å². The number of aromatic nitrogens is 2. The monoisotopic (exact) mass is 220 g/mol. The van der Waals surface area contributed by atoms with Gasteiger partial charge in [0.15, 0.2) is 0 Å². The fourth-order valence-corrected chi connectivity index (χ4v) is 1.16. The SMILES string of the molecule is Cc1cc(C#N)nc(NCCOC(C)C)n1. The summed E-state index contributed by atoms with van der Waals surface area (Å²) < 4.78 is 5.37. The fourth-order valence-electron chi connectivity index (χ4n) is 1.16. The fraction of sp³-hybridized carbons (Fsp3) is 0.545. The predicted octanol–water partition coefficient (Wildman–Crippen LogP) is 1.49. The Balaban J connectivity index is 2.48. The van der Waals surface area contributed by atoms with Crippen molar-refractivity contribution in [1.29, 1.82) is 5.26 Å². The molecule has 0 unspecified atom stereocenters. The first-order valence-electron chi connectivity index (χ1n) is 5.23. The van der Waals surface area contributed by atoms with E-state index in [1.165, 1.54) is 0 Å². The minimum atomic E-state index is 0.217. The third-order valence-corrected chi connectivity index (χ3v) is 1.81. The van der Waals surface area contributed by atoms with Gasteiger partial charge in [-0.25, -0.2) is 9.97 Å². The first-order chi connectivity index (χ1) is 7.61. The number of nitrogens with one attached hydrogen (secondary N) is 1. The number of hydrogen-bond acceptors (Lipinski definition) is 5. The second kappa shape index (κ2) is 6.03. The molecule has 5 heteroatoms. The summed E-state index contributed by atoms with van der Waals surface area (Å²) in [5.41, 5.74) is 1.15. The van der Waals surface area contributed by atoms with Gasteiger partial charge in [0.2, 0.25) is 5.95 Å². The average Bonchev–Trinajstić information content (AvgIpc) is 2.23. The standard InChI is InChI=1S/C11H16N4O/c1-8(2)16-5-4-13-11-14-9(3)6-10(7-12)15-11/h6,8H,4-5H2,1-3H3,(H,13,14,15). The second-order valence-corrected chi connectivity index (χ2v) is 3.68. The van der Waals surface area contributed by atoms with Crippen LogP contribution in [0.1, 0.15) is 25.2 Å². The first-order valence-corrected chi connectivity index (χ1v) is 5.23. The van der Waals surface area contributed by atoms with E-state index in [-0.39, 0.29) is 6.10 Å². The maximum absolute atomic E-state index is 8.74. The van der Waals surface area contributed by atoms with Crippen molar-refractivity contribution in [1.82, 2.24) is 9.97 Å². The third kappa shape index (κ3) is 4.24. The van der Waals surface area contributed by atoms with Crippen LogP contribution in [0.15, 0.2) is 6.07 Å². The summed E-state index contributed by atoms with van der Waals surface area (Å²) in [4.78, 5) is 8.20. The van der Waals surface area contributed by atoms with Crippen LogP contribution in [-0.2, 0) is 4.74 Å². The molecule has 1 rings (SSSR count). The molecule has 16 heavy (non-hydrogen) atoms. The van der Waals surface area contributed by atoms with Crippen molar-refractivity contribution in [2.75, 3.05) is 18.5 Å². The van der Waals surface area contributed by atoms with Gasteiger partial charge in [-0.2, -0.15) is 5.26 Å². The molecule has 0 aliphatic rings. The zero-order valence-corrected chi connectivity index (χ0v) is 9.82. The molecule has 1 aromatic heterocycles. The number of anilines is 1. The molecule has 86 valence electrons. The molecule has 0 aliphatic carbocycles. The Hall–Kier alpha value is -1.67. The Morgan fingerprint density at radius 3 is 2.88 bits per heavy atom. The van der Waals surface area contributed by atoms with E-state index in [1.807, 2.05) is 26.8 Å². The number of nitrogens with zero attached hydrogens (tertiary/aromatic N) is 3.